The van der Waals surface area contributed by atoms with Crippen LogP contribution in [-0.4, -0.2) is 52.0 Å². The highest BCUT2D eigenvalue weighted by molar-refractivity contribution is 8.00. The summed E-state index contributed by atoms with van der Waals surface area (Å²) >= 11 is 10.6. The summed E-state index contributed by atoms with van der Waals surface area (Å²) in [6, 6.07) is 1.34. The molecule has 2 fully saturated rings. The molecule has 0 radical (unpaired) electrons. The summed E-state index contributed by atoms with van der Waals surface area (Å²) in [7, 11) is 0. The van der Waals surface area contributed by atoms with Gasteiger partial charge < -0.3 is 34.2 Å². The van der Waals surface area contributed by atoms with E-state index in [0.29, 0.717) is 12.1 Å². The average molecular weight is 387 g/mol. The second-order valence-electron chi connectivity index (χ2n) is 7.86. The zero-order chi connectivity index (χ0) is 18.7. The lowest BCUT2D eigenvalue weighted by molar-refractivity contribution is -0.921. The summed E-state index contributed by atoms with van der Waals surface area (Å²) in [6.45, 7) is 14.2. The van der Waals surface area contributed by atoms with Crippen LogP contribution in [0.2, 0.25) is 0 Å². The van der Waals surface area contributed by atoms with Crippen LogP contribution in [0.25, 0.3) is 0 Å². The normalized spacial score (nSPS) is 19.8. The molecule has 2 saturated carbocycles. The van der Waals surface area contributed by atoms with Gasteiger partial charge >= 0.3 is 0 Å². The number of hydrogen-bond donors (Lipinski definition) is 0. The van der Waals surface area contributed by atoms with E-state index in [4.69, 9.17) is 24.8 Å². The standard InChI is InChI=1S/C13H23NS2.C8H20N/c15-13(16)14(11-7-3-1-4-8-11)12-9-5-2-6-10-12;1-5-9(6-2,7-3)8-4/h11-12H,1-10H2,(H,15,16);5-8H2,1-4H3/q;+1/p-1. The Hall–Kier alpha value is 0.0700. The third kappa shape index (κ3) is 7.30. The molecule has 0 unspecified atom stereocenters. The van der Waals surface area contributed by atoms with Crippen molar-refractivity contribution >= 4 is 29.2 Å². The van der Waals surface area contributed by atoms with Crippen molar-refractivity contribution in [2.24, 2.45) is 0 Å². The first-order valence-corrected chi connectivity index (χ1v) is 11.7. The minimum absolute atomic E-state index is 0.668. The molecule has 0 heterocycles. The lowest BCUT2D eigenvalue weighted by Crippen LogP contribution is -2.47. The van der Waals surface area contributed by atoms with Crippen molar-refractivity contribution in [3.63, 3.8) is 0 Å². The fourth-order valence-corrected chi connectivity index (χ4v) is 5.25. The SMILES string of the molecule is CC[N+](CC)(CC)CC.S=C([S-])N(C1CCCCC1)C1CCCCC1. The number of quaternary nitrogens is 1. The lowest BCUT2D eigenvalue weighted by Gasteiger charge is -2.45. The minimum atomic E-state index is 0.668. The molecule has 2 aliphatic carbocycles. The topological polar surface area (TPSA) is 3.24 Å². The maximum absolute atomic E-state index is 5.32. The number of hydrogen-bond acceptors (Lipinski definition) is 2. The van der Waals surface area contributed by atoms with Crippen molar-refractivity contribution in [2.45, 2.75) is 104 Å². The van der Waals surface area contributed by atoms with E-state index in [1.165, 1.54) is 94.9 Å². The number of thiocarbonyl (C=S) groups is 1. The summed E-state index contributed by atoms with van der Waals surface area (Å²) in [5, 5.41) is 0. The van der Waals surface area contributed by atoms with Crippen LogP contribution in [0.3, 0.4) is 0 Å². The molecule has 0 aromatic carbocycles. The van der Waals surface area contributed by atoms with Gasteiger partial charge in [-0.3, -0.25) is 0 Å². The molecule has 0 N–H and O–H groups in total. The highest BCUT2D eigenvalue weighted by atomic mass is 32.1. The highest BCUT2D eigenvalue weighted by Crippen LogP contribution is 2.30. The third-order valence-corrected chi connectivity index (χ3v) is 7.25. The van der Waals surface area contributed by atoms with Gasteiger partial charge in [0.2, 0.25) is 0 Å². The van der Waals surface area contributed by atoms with E-state index in [0.717, 1.165) is 4.32 Å². The molecule has 0 saturated heterocycles. The molecule has 2 nitrogen and oxygen atoms in total. The van der Waals surface area contributed by atoms with Crippen molar-refractivity contribution in [2.75, 3.05) is 26.2 Å². The van der Waals surface area contributed by atoms with Crippen molar-refractivity contribution < 1.29 is 4.48 Å². The van der Waals surface area contributed by atoms with E-state index < -0.39 is 0 Å². The zero-order valence-electron chi connectivity index (χ0n) is 17.3. The monoisotopic (exact) mass is 386 g/mol. The third-order valence-electron chi connectivity index (χ3n) is 6.83. The summed E-state index contributed by atoms with van der Waals surface area (Å²) in [5.41, 5.74) is 0. The molecule has 0 bridgehead atoms. The van der Waals surface area contributed by atoms with E-state index in [2.05, 4.69) is 32.6 Å². The Labute approximate surface area is 168 Å². The van der Waals surface area contributed by atoms with Crippen LogP contribution in [0.15, 0.2) is 0 Å². The van der Waals surface area contributed by atoms with Gasteiger partial charge in [-0.1, -0.05) is 42.8 Å². The fourth-order valence-electron chi connectivity index (χ4n) is 4.66. The van der Waals surface area contributed by atoms with E-state index in [-0.39, 0.29) is 0 Å². The summed E-state index contributed by atoms with van der Waals surface area (Å²) < 4.78 is 2.01. The predicted molar refractivity (Wildman–Crippen MR) is 118 cm³/mol. The zero-order valence-corrected chi connectivity index (χ0v) is 18.9. The van der Waals surface area contributed by atoms with Gasteiger partial charge in [-0.15, -0.1) is 0 Å². The molecule has 2 rings (SSSR count). The smallest absolute Gasteiger partial charge is 0.0757 e. The highest BCUT2D eigenvalue weighted by Gasteiger charge is 2.26. The van der Waals surface area contributed by atoms with E-state index in [1.54, 1.807) is 0 Å². The van der Waals surface area contributed by atoms with Gasteiger partial charge in [-0.05, 0) is 53.4 Å². The first kappa shape index (κ1) is 23.1. The lowest BCUT2D eigenvalue weighted by atomic mass is 9.89. The quantitative estimate of drug-likeness (QED) is 0.329. The van der Waals surface area contributed by atoms with Gasteiger partial charge in [-0.2, -0.15) is 0 Å². The summed E-state index contributed by atoms with van der Waals surface area (Å²) in [4.78, 5) is 2.43. The minimum Gasteiger partial charge on any atom is -0.411 e. The first-order valence-electron chi connectivity index (χ1n) is 10.9. The molecule has 0 atom stereocenters. The van der Waals surface area contributed by atoms with Gasteiger partial charge in [0.05, 0.1) is 26.2 Å². The molecule has 0 spiro atoms. The van der Waals surface area contributed by atoms with Crippen molar-refractivity contribution in [1.29, 1.82) is 0 Å². The largest absolute Gasteiger partial charge is 0.411 e. The maximum Gasteiger partial charge on any atom is 0.0757 e. The Balaban J connectivity index is 0.000000299. The van der Waals surface area contributed by atoms with Gasteiger partial charge in [0.1, 0.15) is 0 Å². The Morgan fingerprint density at radius 3 is 1.28 bits per heavy atom. The Morgan fingerprint density at radius 1 is 0.760 bits per heavy atom. The van der Waals surface area contributed by atoms with Crippen LogP contribution in [0, 0.1) is 0 Å². The molecule has 0 aromatic rings. The Morgan fingerprint density at radius 2 is 1.08 bits per heavy atom. The van der Waals surface area contributed by atoms with E-state index in [9.17, 15) is 0 Å². The first-order chi connectivity index (χ1) is 12.0. The van der Waals surface area contributed by atoms with Crippen LogP contribution in [-0.2, 0) is 12.6 Å². The van der Waals surface area contributed by atoms with E-state index in [1.807, 2.05) is 0 Å². The second-order valence-corrected chi connectivity index (χ2v) is 8.90. The molecule has 25 heavy (non-hydrogen) atoms. The molecule has 0 aliphatic heterocycles. The second kappa shape index (κ2) is 12.5. The Kier molecular flexibility index (Phi) is 11.5. The fraction of sp³-hybridized carbons (Fsp3) is 0.952. The Bertz CT molecular complexity index is 321. The number of nitrogens with zero attached hydrogens (tertiary/aromatic N) is 2. The molecule has 148 valence electrons. The molecular formula is C21H42N2S2. The van der Waals surface area contributed by atoms with Crippen molar-refractivity contribution in [3.05, 3.63) is 0 Å². The summed E-state index contributed by atoms with van der Waals surface area (Å²) in [5.74, 6) is 0. The van der Waals surface area contributed by atoms with Gasteiger partial charge in [0.25, 0.3) is 0 Å². The van der Waals surface area contributed by atoms with Crippen LogP contribution >= 0.6 is 12.2 Å². The van der Waals surface area contributed by atoms with Gasteiger partial charge in [-0.25, -0.2) is 0 Å². The van der Waals surface area contributed by atoms with Crippen LogP contribution < -0.4 is 0 Å². The van der Waals surface area contributed by atoms with Crippen molar-refractivity contribution in [3.8, 4) is 0 Å². The molecule has 4 heteroatoms. The summed E-state index contributed by atoms with van der Waals surface area (Å²) in [6.07, 6.45) is 13.5. The van der Waals surface area contributed by atoms with E-state index >= 15 is 0 Å². The molecule has 0 aromatic heterocycles. The molecule has 2 aliphatic rings. The molecule has 0 amide bonds. The van der Waals surface area contributed by atoms with Crippen LogP contribution in [0.5, 0.6) is 0 Å². The van der Waals surface area contributed by atoms with Crippen LogP contribution in [0.4, 0.5) is 0 Å². The molecular weight excluding hydrogens is 344 g/mol. The van der Waals surface area contributed by atoms with Crippen LogP contribution in [0.1, 0.15) is 91.9 Å². The average Bonchev–Trinajstić information content (AvgIpc) is 2.66. The maximum atomic E-state index is 5.32. The van der Waals surface area contributed by atoms with Gasteiger partial charge in [0.15, 0.2) is 0 Å². The number of rotatable bonds is 6. The van der Waals surface area contributed by atoms with Gasteiger partial charge in [0, 0.05) is 12.1 Å². The predicted octanol–water partition coefficient (Wildman–Crippen LogP) is 5.67. The van der Waals surface area contributed by atoms with Crippen molar-refractivity contribution in [1.82, 2.24) is 4.90 Å².